The van der Waals surface area contributed by atoms with E-state index < -0.39 is 5.82 Å². The first-order chi connectivity index (χ1) is 10.7. The topological polar surface area (TPSA) is 29.3 Å². The summed E-state index contributed by atoms with van der Waals surface area (Å²) in [5.41, 5.74) is 7.58. The van der Waals surface area contributed by atoms with Crippen LogP contribution < -0.4 is 5.73 Å². The first kappa shape index (κ1) is 17.9. The van der Waals surface area contributed by atoms with Gasteiger partial charge in [0.25, 0.3) is 0 Å². The highest BCUT2D eigenvalue weighted by molar-refractivity contribution is 5.85. The van der Waals surface area contributed by atoms with Gasteiger partial charge in [-0.1, -0.05) is 30.3 Å². The van der Waals surface area contributed by atoms with Gasteiger partial charge in [-0.25, -0.2) is 8.78 Å². The summed E-state index contributed by atoms with van der Waals surface area (Å²) in [4.78, 5) is 2.16. The van der Waals surface area contributed by atoms with Crippen molar-refractivity contribution in [3.63, 3.8) is 0 Å². The zero-order valence-electron chi connectivity index (χ0n) is 12.8. The Balaban J connectivity index is 0.00000192. The van der Waals surface area contributed by atoms with Crippen LogP contribution in [0.2, 0.25) is 0 Å². The molecule has 3 rings (SSSR count). The maximum atomic E-state index is 13.8. The fourth-order valence-electron chi connectivity index (χ4n) is 3.31. The zero-order valence-corrected chi connectivity index (χ0v) is 13.6. The largest absolute Gasteiger partial charge is 0.330 e. The molecule has 0 bridgehead atoms. The van der Waals surface area contributed by atoms with Gasteiger partial charge in [-0.15, -0.1) is 12.4 Å². The van der Waals surface area contributed by atoms with E-state index in [1.165, 1.54) is 17.7 Å². The van der Waals surface area contributed by atoms with Gasteiger partial charge in [-0.2, -0.15) is 0 Å². The smallest absolute Gasteiger partial charge is 0.127 e. The van der Waals surface area contributed by atoms with Gasteiger partial charge in [0.15, 0.2) is 0 Å². The second-order valence-electron chi connectivity index (χ2n) is 5.94. The molecule has 23 heavy (non-hydrogen) atoms. The fourth-order valence-corrected chi connectivity index (χ4v) is 3.31. The molecule has 5 heteroatoms. The highest BCUT2D eigenvalue weighted by Gasteiger charge is 2.32. The first-order valence-corrected chi connectivity index (χ1v) is 7.58. The third-order valence-electron chi connectivity index (χ3n) is 4.45. The second kappa shape index (κ2) is 7.86. The maximum absolute atomic E-state index is 13.8. The van der Waals surface area contributed by atoms with E-state index in [9.17, 15) is 8.78 Å². The lowest BCUT2D eigenvalue weighted by atomic mass is 9.89. The molecule has 0 unspecified atom stereocenters. The molecule has 2 N–H and O–H groups in total. The van der Waals surface area contributed by atoms with Crippen LogP contribution in [0.3, 0.4) is 0 Å². The second-order valence-corrected chi connectivity index (χ2v) is 5.94. The van der Waals surface area contributed by atoms with Crippen LogP contribution in [0.25, 0.3) is 0 Å². The van der Waals surface area contributed by atoms with Crippen LogP contribution in [0, 0.1) is 17.6 Å². The molecule has 1 aliphatic heterocycles. The van der Waals surface area contributed by atoms with Crippen molar-refractivity contribution in [1.82, 2.24) is 4.90 Å². The monoisotopic (exact) mass is 338 g/mol. The molecule has 0 aliphatic carbocycles. The molecule has 0 amide bonds. The molecule has 2 aromatic carbocycles. The Hall–Kier alpha value is -1.49. The molecule has 124 valence electrons. The molecule has 0 spiro atoms. The van der Waals surface area contributed by atoms with Crippen molar-refractivity contribution in [3.8, 4) is 0 Å². The maximum Gasteiger partial charge on any atom is 0.127 e. The number of benzene rings is 2. The van der Waals surface area contributed by atoms with E-state index in [1.807, 2.05) is 18.2 Å². The Kier molecular flexibility index (Phi) is 6.10. The number of likely N-dealkylation sites (tertiary alicyclic amines) is 1. The third-order valence-corrected chi connectivity index (χ3v) is 4.45. The molecule has 1 aliphatic rings. The lowest BCUT2D eigenvalue weighted by Crippen LogP contribution is -2.23. The number of rotatable bonds is 4. The van der Waals surface area contributed by atoms with Crippen molar-refractivity contribution in [2.24, 2.45) is 11.7 Å². The third kappa shape index (κ3) is 4.08. The van der Waals surface area contributed by atoms with Crippen molar-refractivity contribution in [3.05, 3.63) is 71.3 Å². The van der Waals surface area contributed by atoms with Gasteiger partial charge in [-0.05, 0) is 36.2 Å². The minimum absolute atomic E-state index is 0. The summed E-state index contributed by atoms with van der Waals surface area (Å²) in [6.07, 6.45) is 0. The SMILES string of the molecule is Cl.NC[C@@H]1CN(Cc2cc(F)ccc2F)C[C@H]1c1ccccc1. The molecular formula is C18H21ClF2N2. The number of halogens is 3. The van der Waals surface area contributed by atoms with Gasteiger partial charge < -0.3 is 5.73 Å². The van der Waals surface area contributed by atoms with Crippen molar-refractivity contribution < 1.29 is 8.78 Å². The van der Waals surface area contributed by atoms with Crippen LogP contribution >= 0.6 is 12.4 Å². The standard InChI is InChI=1S/C18H20F2N2.ClH/c19-16-6-7-18(20)14(8-16)10-22-11-15(9-21)17(12-22)13-4-2-1-3-5-13;/h1-8,15,17H,9-12,21H2;1H/t15-,17+;/m1./s1. The van der Waals surface area contributed by atoms with Crippen LogP contribution in [0.4, 0.5) is 8.78 Å². The fraction of sp³-hybridized carbons (Fsp3) is 0.333. The first-order valence-electron chi connectivity index (χ1n) is 7.58. The molecule has 2 atom stereocenters. The van der Waals surface area contributed by atoms with Gasteiger partial charge >= 0.3 is 0 Å². The molecule has 2 aromatic rings. The van der Waals surface area contributed by atoms with Crippen LogP contribution in [0.5, 0.6) is 0 Å². The Bertz CT molecular complexity index is 636. The van der Waals surface area contributed by atoms with Crippen LogP contribution in [-0.2, 0) is 6.54 Å². The quantitative estimate of drug-likeness (QED) is 0.923. The van der Waals surface area contributed by atoms with E-state index in [4.69, 9.17) is 5.73 Å². The Morgan fingerprint density at radius 1 is 1.04 bits per heavy atom. The summed E-state index contributed by atoms with van der Waals surface area (Å²) in [5, 5.41) is 0. The number of nitrogens with two attached hydrogens (primary N) is 1. The summed E-state index contributed by atoms with van der Waals surface area (Å²) < 4.78 is 27.1. The molecule has 0 aromatic heterocycles. The van der Waals surface area contributed by atoms with Gasteiger partial charge in [0.1, 0.15) is 11.6 Å². The Labute approximate surface area is 141 Å². The zero-order chi connectivity index (χ0) is 15.5. The Morgan fingerprint density at radius 3 is 2.48 bits per heavy atom. The predicted octanol–water partition coefficient (Wildman–Crippen LogP) is 3.56. The molecule has 0 radical (unpaired) electrons. The lowest BCUT2D eigenvalue weighted by Gasteiger charge is -2.17. The van der Waals surface area contributed by atoms with E-state index in [1.54, 1.807) is 0 Å². The predicted molar refractivity (Wildman–Crippen MR) is 90.6 cm³/mol. The van der Waals surface area contributed by atoms with Crippen LogP contribution in [0.15, 0.2) is 48.5 Å². The van der Waals surface area contributed by atoms with Crippen molar-refractivity contribution in [2.45, 2.75) is 12.5 Å². The van der Waals surface area contributed by atoms with E-state index in [0.717, 1.165) is 19.2 Å². The molecule has 1 saturated heterocycles. The minimum Gasteiger partial charge on any atom is -0.330 e. The highest BCUT2D eigenvalue weighted by atomic mass is 35.5. The molecule has 0 saturated carbocycles. The molecule has 2 nitrogen and oxygen atoms in total. The molecule has 1 fully saturated rings. The van der Waals surface area contributed by atoms with Gasteiger partial charge in [0.2, 0.25) is 0 Å². The van der Waals surface area contributed by atoms with E-state index in [0.29, 0.717) is 30.5 Å². The Morgan fingerprint density at radius 2 is 1.78 bits per heavy atom. The number of nitrogens with zero attached hydrogens (tertiary/aromatic N) is 1. The highest BCUT2D eigenvalue weighted by Crippen LogP contribution is 2.33. The average molecular weight is 339 g/mol. The van der Waals surface area contributed by atoms with Gasteiger partial charge in [0.05, 0.1) is 0 Å². The summed E-state index contributed by atoms with van der Waals surface area (Å²) in [5.74, 6) is -0.0544. The van der Waals surface area contributed by atoms with Gasteiger partial charge in [-0.3, -0.25) is 4.90 Å². The number of hydrogen-bond acceptors (Lipinski definition) is 2. The summed E-state index contributed by atoms with van der Waals surface area (Å²) in [7, 11) is 0. The van der Waals surface area contributed by atoms with Crippen molar-refractivity contribution >= 4 is 12.4 Å². The molecular weight excluding hydrogens is 318 g/mol. The lowest BCUT2D eigenvalue weighted by molar-refractivity contribution is 0.311. The average Bonchev–Trinajstić information content (AvgIpc) is 2.95. The van der Waals surface area contributed by atoms with Crippen LogP contribution in [0.1, 0.15) is 17.0 Å². The van der Waals surface area contributed by atoms with Crippen molar-refractivity contribution in [1.29, 1.82) is 0 Å². The molecule has 1 heterocycles. The van der Waals surface area contributed by atoms with E-state index >= 15 is 0 Å². The van der Waals surface area contributed by atoms with Gasteiger partial charge in [0, 0.05) is 31.1 Å². The summed E-state index contributed by atoms with van der Waals surface area (Å²) in [6, 6.07) is 13.9. The van der Waals surface area contributed by atoms with Crippen LogP contribution in [-0.4, -0.2) is 24.5 Å². The summed E-state index contributed by atoms with van der Waals surface area (Å²) in [6.45, 7) is 2.65. The number of hydrogen-bond donors (Lipinski definition) is 1. The van der Waals surface area contributed by atoms with E-state index in [2.05, 4.69) is 17.0 Å². The minimum atomic E-state index is -0.398. The normalized spacial score (nSPS) is 21.2. The van der Waals surface area contributed by atoms with Crippen molar-refractivity contribution in [2.75, 3.05) is 19.6 Å². The summed E-state index contributed by atoms with van der Waals surface area (Å²) >= 11 is 0. The van der Waals surface area contributed by atoms with E-state index in [-0.39, 0.29) is 18.2 Å².